The second kappa shape index (κ2) is 26.0. The monoisotopic (exact) mass is 945 g/mol. The number of esters is 1. The summed E-state index contributed by atoms with van der Waals surface area (Å²) in [5, 5.41) is 15.2. The summed E-state index contributed by atoms with van der Waals surface area (Å²) in [6.07, 6.45) is 12.5. The van der Waals surface area contributed by atoms with Crippen molar-refractivity contribution < 1.29 is 37.8 Å². The average Bonchev–Trinajstić information content (AvgIpc) is 3.76. The van der Waals surface area contributed by atoms with Crippen molar-refractivity contribution in [2.45, 2.75) is 96.2 Å². The standard InChI is InChI=1S/C22H24N2O3.C15H18N2O2.C11H24N4.C3H4F2O2/c1-16-12-17(8-7-11-25)13-18-14-23-24(20(16)18)15-27-21(26)22(2,3)19-9-5-4-6-10-19;1-3-11-9-13(15(19)16-14(11)4-2)12-5-7-17(10-18)8-6-12;1-12-15-9-7-14(8-10-15)11-3-5-13(2)6-4-11;1-3(4,5)2(6)7/h4-6,9-14H,7-8,15H2,1-3H3;3-4,9-10,12H,1-2,5-8H2,(H,16,19);11-12H,3-10H2,1-2H3;1H3,(H,6,7). The number of pyridine rings is 1. The summed E-state index contributed by atoms with van der Waals surface area (Å²) >= 11 is 0. The van der Waals surface area contributed by atoms with Gasteiger partial charge in [0.15, 0.2) is 6.73 Å². The molecule has 3 aliphatic rings. The molecule has 1 amide bonds. The first kappa shape index (κ1) is 54.7. The van der Waals surface area contributed by atoms with Gasteiger partial charge in [0, 0.05) is 75.3 Å². The Bertz CT molecular complexity index is 2340. The van der Waals surface area contributed by atoms with Gasteiger partial charge in [-0.05, 0) is 126 Å². The zero-order chi connectivity index (χ0) is 50.0. The number of likely N-dealkylation sites (tertiary alicyclic amines) is 2. The number of fused-ring (bicyclic) bond motifs is 1. The van der Waals surface area contributed by atoms with Gasteiger partial charge in [0.25, 0.3) is 5.56 Å². The highest BCUT2D eigenvalue weighted by Gasteiger charge is 2.32. The highest BCUT2D eigenvalue weighted by molar-refractivity contribution is 5.84. The van der Waals surface area contributed by atoms with Crippen molar-refractivity contribution in [1.82, 2.24) is 39.9 Å². The number of hydrogen-bond donors (Lipinski definition) is 3. The first-order chi connectivity index (χ1) is 32.4. The molecule has 3 saturated heterocycles. The Morgan fingerprint density at radius 2 is 1.57 bits per heavy atom. The van der Waals surface area contributed by atoms with Crippen LogP contribution in [0.4, 0.5) is 8.78 Å². The lowest BCUT2D eigenvalue weighted by Gasteiger charge is -2.41. The fourth-order valence-electron chi connectivity index (χ4n) is 8.47. The zero-order valence-corrected chi connectivity index (χ0v) is 40.5. The molecule has 15 nitrogen and oxygen atoms in total. The third kappa shape index (κ3) is 15.6. The number of alkyl halides is 2. The lowest BCUT2D eigenvalue weighted by Crippen LogP contribution is -2.55. The minimum atomic E-state index is -3.58. The van der Waals surface area contributed by atoms with Gasteiger partial charge in [-0.25, -0.2) is 14.5 Å². The van der Waals surface area contributed by atoms with Crippen LogP contribution in [0, 0.1) is 6.92 Å². The molecule has 3 N–H and O–H groups in total. The number of benzene rings is 2. The summed E-state index contributed by atoms with van der Waals surface area (Å²) in [6.45, 7) is 22.3. The minimum Gasteiger partial charge on any atom is -0.477 e. The number of aromatic nitrogens is 3. The molecule has 3 aliphatic heterocycles. The smallest absolute Gasteiger partial charge is 0.374 e. The number of carbonyl (C=O) groups is 4. The van der Waals surface area contributed by atoms with Crippen molar-refractivity contribution in [2.75, 3.05) is 66.5 Å². The number of aliphatic carboxylic acids is 1. The maximum atomic E-state index is 12.7. The Morgan fingerprint density at radius 3 is 2.12 bits per heavy atom. The van der Waals surface area contributed by atoms with Gasteiger partial charge >= 0.3 is 17.9 Å². The van der Waals surface area contributed by atoms with Gasteiger partial charge in [-0.3, -0.25) is 24.7 Å². The predicted molar refractivity (Wildman–Crippen MR) is 262 cm³/mol. The van der Waals surface area contributed by atoms with Crippen LogP contribution < -0.4 is 11.0 Å². The summed E-state index contributed by atoms with van der Waals surface area (Å²) in [7, 11) is 4.25. The van der Waals surface area contributed by atoms with Crippen LogP contribution in [0.1, 0.15) is 92.3 Å². The number of piperazine rings is 1. The van der Waals surface area contributed by atoms with E-state index in [2.05, 4.69) is 56.6 Å². The molecule has 5 heterocycles. The molecule has 3 fully saturated rings. The van der Waals surface area contributed by atoms with Crippen LogP contribution in [-0.4, -0.2) is 143 Å². The van der Waals surface area contributed by atoms with E-state index in [0.717, 1.165) is 70.3 Å². The third-order valence-corrected chi connectivity index (χ3v) is 12.7. The number of halogens is 2. The number of carbonyl (C=O) groups excluding carboxylic acids is 3. The Balaban J connectivity index is 0.000000215. The minimum absolute atomic E-state index is 0.0626. The van der Waals surface area contributed by atoms with Crippen molar-refractivity contribution in [2.24, 2.45) is 0 Å². The number of carboxylic acids is 1. The fourth-order valence-corrected chi connectivity index (χ4v) is 8.47. The number of ether oxygens (including phenoxy) is 1. The number of hydrazine groups is 1. The third-order valence-electron chi connectivity index (χ3n) is 12.7. The van der Waals surface area contributed by atoms with E-state index in [-0.39, 0.29) is 24.2 Å². The molecule has 7 rings (SSSR count). The second-order valence-corrected chi connectivity index (χ2v) is 18.0. The highest BCUT2D eigenvalue weighted by Crippen LogP contribution is 2.28. The number of piperidine rings is 2. The number of rotatable bonds is 14. The number of nitrogens with one attached hydrogen (secondary N) is 2. The summed E-state index contributed by atoms with van der Waals surface area (Å²) in [6, 6.07) is 16.4. The van der Waals surface area contributed by atoms with Crippen molar-refractivity contribution in [3.8, 4) is 0 Å². The van der Waals surface area contributed by atoms with Crippen molar-refractivity contribution in [1.29, 1.82) is 0 Å². The van der Waals surface area contributed by atoms with E-state index < -0.39 is 17.3 Å². The normalized spacial score (nSPS) is 16.5. The summed E-state index contributed by atoms with van der Waals surface area (Å²) in [5.41, 5.74) is 8.81. The molecule has 0 atom stereocenters. The van der Waals surface area contributed by atoms with E-state index in [9.17, 15) is 32.8 Å². The number of amides is 1. The summed E-state index contributed by atoms with van der Waals surface area (Å²) < 4.78 is 29.8. The lowest BCUT2D eigenvalue weighted by atomic mass is 9.85. The molecule has 0 unspecified atom stereocenters. The largest absolute Gasteiger partial charge is 0.477 e. The zero-order valence-electron chi connectivity index (χ0n) is 40.5. The number of carboxylic acid groups (broad SMARTS) is 1. The molecule has 2 aromatic heterocycles. The maximum Gasteiger partial charge on any atom is 0.374 e. The van der Waals surface area contributed by atoms with E-state index in [1.165, 1.54) is 52.1 Å². The quantitative estimate of drug-likeness (QED) is 0.0926. The molecule has 4 aromatic rings. The maximum absolute atomic E-state index is 12.7. The Morgan fingerprint density at radius 1 is 0.941 bits per heavy atom. The molecule has 0 spiro atoms. The van der Waals surface area contributed by atoms with Gasteiger partial charge in [0.1, 0.15) is 6.29 Å². The highest BCUT2D eigenvalue weighted by atomic mass is 19.3. The Kier molecular flexibility index (Phi) is 20.9. The molecule has 68 heavy (non-hydrogen) atoms. The number of H-pyrrole nitrogens is 1. The van der Waals surface area contributed by atoms with Gasteiger partial charge in [-0.1, -0.05) is 55.6 Å². The van der Waals surface area contributed by atoms with Crippen LogP contribution in [0.25, 0.3) is 23.1 Å². The first-order valence-electron chi connectivity index (χ1n) is 23.2. The summed E-state index contributed by atoms with van der Waals surface area (Å²) in [5.74, 6) is -5.76. The fraction of sp³-hybridized carbons (Fsp3) is 0.490. The van der Waals surface area contributed by atoms with E-state index in [1.807, 2.05) is 70.3 Å². The van der Waals surface area contributed by atoms with Crippen molar-refractivity contribution >= 4 is 47.7 Å². The van der Waals surface area contributed by atoms with Crippen LogP contribution in [0.15, 0.2) is 72.7 Å². The van der Waals surface area contributed by atoms with Crippen molar-refractivity contribution in [3.63, 3.8) is 0 Å². The molecule has 17 heteroatoms. The lowest BCUT2D eigenvalue weighted by molar-refractivity contribution is -0.162. The van der Waals surface area contributed by atoms with Crippen LogP contribution in [0.2, 0.25) is 0 Å². The molecular formula is C51H70F2N8O7. The topological polar surface area (TPSA) is 173 Å². The molecule has 0 aliphatic carbocycles. The van der Waals surface area contributed by atoms with E-state index >= 15 is 0 Å². The van der Waals surface area contributed by atoms with E-state index in [0.29, 0.717) is 38.5 Å². The molecule has 370 valence electrons. The van der Waals surface area contributed by atoms with Crippen LogP contribution in [0.3, 0.4) is 0 Å². The van der Waals surface area contributed by atoms with Crippen LogP contribution in [-0.2, 0) is 42.5 Å². The van der Waals surface area contributed by atoms with Gasteiger partial charge in [0.05, 0.1) is 17.1 Å². The molecule has 0 radical (unpaired) electrons. The van der Waals surface area contributed by atoms with Crippen LogP contribution >= 0.6 is 0 Å². The number of hydrogen-bond acceptors (Lipinski definition) is 11. The van der Waals surface area contributed by atoms with Gasteiger partial charge in [-0.15, -0.1) is 0 Å². The van der Waals surface area contributed by atoms with Crippen LogP contribution in [0.5, 0.6) is 0 Å². The number of nitrogens with zero attached hydrogens (tertiary/aromatic N) is 6. The second-order valence-electron chi connectivity index (χ2n) is 18.0. The Hall–Kier alpha value is -5.88. The molecule has 2 aromatic carbocycles. The molecular weight excluding hydrogens is 875 g/mol. The summed E-state index contributed by atoms with van der Waals surface area (Å²) in [4.78, 5) is 65.0. The number of aromatic amines is 1. The SMILES string of the molecule is C=Cc1cc(C2CCN(C=O)CC2)c(=O)[nH]c1C=C.CC(F)(F)C(=O)O.CNN1CCN(C2CCN(C)CC2)CC1.Cc1cc(CCC=O)cc2cnn(COC(=O)C(C)(C)c3ccccc3)c12. The van der Waals surface area contributed by atoms with E-state index in [4.69, 9.17) is 9.84 Å². The average molecular weight is 945 g/mol. The Labute approximate surface area is 398 Å². The van der Waals surface area contributed by atoms with E-state index in [1.54, 1.807) is 27.9 Å². The first-order valence-corrected chi connectivity index (χ1v) is 23.2. The molecule has 0 saturated carbocycles. The van der Waals surface area contributed by atoms with Gasteiger partial charge < -0.3 is 29.4 Å². The number of aldehydes is 1. The van der Waals surface area contributed by atoms with Crippen molar-refractivity contribution in [3.05, 3.63) is 112 Å². The predicted octanol–water partition coefficient (Wildman–Crippen LogP) is 6.51. The molecule has 0 bridgehead atoms. The number of aryl methyl sites for hydroxylation is 2. The van der Waals surface area contributed by atoms with Gasteiger partial charge in [-0.2, -0.15) is 13.9 Å². The van der Waals surface area contributed by atoms with Gasteiger partial charge in [0.2, 0.25) is 6.41 Å².